The Hall–Kier alpha value is -2.25. The number of benzene rings is 1. The Morgan fingerprint density at radius 1 is 1.40 bits per heavy atom. The zero-order valence-corrected chi connectivity index (χ0v) is 10.3. The molecule has 20 heavy (non-hydrogen) atoms. The van der Waals surface area contributed by atoms with Gasteiger partial charge in [0.25, 0.3) is 0 Å². The normalized spacial score (nSPS) is 22.8. The van der Waals surface area contributed by atoms with Crippen molar-refractivity contribution in [1.29, 1.82) is 0 Å². The van der Waals surface area contributed by atoms with Crippen LogP contribution in [0.4, 0.5) is 23.7 Å². The maximum Gasteiger partial charge on any atom is 0.418 e. The number of carbonyl (C=O) groups excluding carboxylic acids is 1. The minimum absolute atomic E-state index is 0.520. The van der Waals surface area contributed by atoms with E-state index in [4.69, 9.17) is 5.11 Å². The third-order valence-electron chi connectivity index (χ3n) is 3.06. The topological polar surface area (TPSA) is 66.8 Å². The molecule has 2 rings (SSSR count). The Labute approximate surface area is 111 Å². The molecule has 5 nitrogen and oxygen atoms in total. The number of anilines is 1. The molecule has 1 saturated heterocycles. The Kier molecular flexibility index (Phi) is 3.11. The molecule has 108 valence electrons. The van der Waals surface area contributed by atoms with Crippen LogP contribution < -0.4 is 4.90 Å². The molecule has 8 heteroatoms. The van der Waals surface area contributed by atoms with Crippen LogP contribution in [0.25, 0.3) is 0 Å². The number of cyclic esters (lactones) is 1. The summed E-state index contributed by atoms with van der Waals surface area (Å²) in [4.78, 5) is 23.4. The monoisotopic (exact) mass is 289 g/mol. The molecule has 1 heterocycles. The predicted octanol–water partition coefficient (Wildman–Crippen LogP) is 2.51. The van der Waals surface area contributed by atoms with Gasteiger partial charge >= 0.3 is 18.2 Å². The number of aliphatic carboxylic acids is 1. The predicted molar refractivity (Wildman–Crippen MR) is 61.3 cm³/mol. The highest BCUT2D eigenvalue weighted by atomic mass is 19.4. The van der Waals surface area contributed by atoms with Crippen LogP contribution in [0.3, 0.4) is 0 Å². The van der Waals surface area contributed by atoms with Crippen molar-refractivity contribution < 1.29 is 32.6 Å². The van der Waals surface area contributed by atoms with E-state index in [0.717, 1.165) is 25.1 Å². The van der Waals surface area contributed by atoms with E-state index in [2.05, 4.69) is 4.74 Å². The average Bonchev–Trinajstić information content (AvgIpc) is 2.65. The Morgan fingerprint density at radius 3 is 2.55 bits per heavy atom. The fourth-order valence-electron chi connectivity index (χ4n) is 1.96. The number of carboxylic acid groups (broad SMARTS) is 1. The highest BCUT2D eigenvalue weighted by molar-refractivity contribution is 6.01. The second-order valence-electron chi connectivity index (χ2n) is 4.48. The van der Waals surface area contributed by atoms with Crippen LogP contribution in [-0.4, -0.2) is 29.3 Å². The number of nitrogens with zero attached hydrogens (tertiary/aromatic N) is 1. The minimum Gasteiger partial charge on any atom is -0.479 e. The summed E-state index contributed by atoms with van der Waals surface area (Å²) in [5.74, 6) is -1.44. The fraction of sp³-hybridized carbons (Fsp3) is 0.333. The van der Waals surface area contributed by atoms with Gasteiger partial charge in [-0.2, -0.15) is 13.2 Å². The number of para-hydroxylation sites is 1. The van der Waals surface area contributed by atoms with E-state index in [1.54, 1.807) is 0 Å². The summed E-state index contributed by atoms with van der Waals surface area (Å²) in [6.45, 7) is 0.612. The molecule has 0 saturated carbocycles. The molecule has 0 bridgehead atoms. The highest BCUT2D eigenvalue weighted by Crippen LogP contribution is 2.40. The first-order valence-corrected chi connectivity index (χ1v) is 5.54. The number of rotatable bonds is 2. The number of hydrogen-bond acceptors (Lipinski definition) is 3. The SMILES string of the molecule is CC1(C(=O)O)COC(=O)N1c1ccccc1C(F)(F)F. The van der Waals surface area contributed by atoms with E-state index in [1.165, 1.54) is 6.07 Å². The maximum atomic E-state index is 13.0. The number of alkyl halides is 3. The number of carbonyl (C=O) groups is 2. The van der Waals surface area contributed by atoms with Gasteiger partial charge in [-0.25, -0.2) is 9.59 Å². The molecule has 1 aromatic rings. The third kappa shape index (κ3) is 2.06. The van der Waals surface area contributed by atoms with Crippen molar-refractivity contribution in [3.8, 4) is 0 Å². The van der Waals surface area contributed by atoms with Crippen LogP contribution in [0.2, 0.25) is 0 Å². The molecule has 1 aliphatic rings. The second-order valence-corrected chi connectivity index (χ2v) is 4.48. The van der Waals surface area contributed by atoms with E-state index in [0.29, 0.717) is 4.90 Å². The lowest BCUT2D eigenvalue weighted by atomic mass is 10.0. The number of carboxylic acids is 1. The molecule has 1 aromatic carbocycles. The number of ether oxygens (including phenoxy) is 1. The molecular formula is C12H10F3NO4. The van der Waals surface area contributed by atoms with Gasteiger partial charge in [-0.15, -0.1) is 0 Å². The standard InChI is InChI=1S/C12H10F3NO4/c1-11(9(17)18)6-20-10(19)16(11)8-5-3-2-4-7(8)12(13,14)15/h2-5H,6H2,1H3,(H,17,18). The van der Waals surface area contributed by atoms with Crippen molar-refractivity contribution in [3.63, 3.8) is 0 Å². The summed E-state index contributed by atoms with van der Waals surface area (Å²) in [5.41, 5.74) is -3.50. The first-order valence-electron chi connectivity index (χ1n) is 5.54. The molecule has 0 aliphatic carbocycles. The van der Waals surface area contributed by atoms with E-state index in [9.17, 15) is 22.8 Å². The van der Waals surface area contributed by atoms with Crippen molar-refractivity contribution in [3.05, 3.63) is 29.8 Å². The Balaban J connectivity index is 2.61. The fourth-order valence-corrected chi connectivity index (χ4v) is 1.96. The Morgan fingerprint density at radius 2 is 2.00 bits per heavy atom. The van der Waals surface area contributed by atoms with E-state index in [-0.39, 0.29) is 0 Å². The van der Waals surface area contributed by atoms with Crippen LogP contribution in [0, 0.1) is 0 Å². The average molecular weight is 289 g/mol. The number of amides is 1. The highest BCUT2D eigenvalue weighted by Gasteiger charge is 2.52. The smallest absolute Gasteiger partial charge is 0.418 e. The zero-order chi connectivity index (χ0) is 15.1. The molecule has 1 amide bonds. The summed E-state index contributed by atoms with van der Waals surface area (Å²) in [6.07, 6.45) is -5.83. The van der Waals surface area contributed by atoms with Crippen LogP contribution in [0.5, 0.6) is 0 Å². The minimum atomic E-state index is -4.71. The lowest BCUT2D eigenvalue weighted by Gasteiger charge is -2.29. The molecule has 1 fully saturated rings. The molecule has 1 atom stereocenters. The molecule has 1 unspecified atom stereocenters. The van der Waals surface area contributed by atoms with Crippen LogP contribution >= 0.6 is 0 Å². The first kappa shape index (κ1) is 14.2. The zero-order valence-electron chi connectivity index (χ0n) is 10.3. The molecule has 1 aliphatic heterocycles. The van der Waals surface area contributed by atoms with Gasteiger partial charge in [0, 0.05) is 0 Å². The van der Waals surface area contributed by atoms with Gasteiger partial charge in [0.15, 0.2) is 5.54 Å². The number of halogens is 3. The van der Waals surface area contributed by atoms with Gasteiger partial charge < -0.3 is 9.84 Å². The van der Waals surface area contributed by atoms with Crippen LogP contribution in [-0.2, 0) is 15.7 Å². The van der Waals surface area contributed by atoms with Crippen molar-refractivity contribution in [2.24, 2.45) is 0 Å². The molecule has 0 aromatic heterocycles. The van der Waals surface area contributed by atoms with Crippen molar-refractivity contribution in [2.75, 3.05) is 11.5 Å². The summed E-state index contributed by atoms with van der Waals surface area (Å²) < 4.78 is 43.5. The molecular weight excluding hydrogens is 279 g/mol. The lowest BCUT2D eigenvalue weighted by molar-refractivity contribution is -0.143. The van der Waals surface area contributed by atoms with E-state index in [1.807, 2.05) is 0 Å². The summed E-state index contributed by atoms with van der Waals surface area (Å²) in [6, 6.07) is 4.27. The van der Waals surface area contributed by atoms with Crippen molar-refractivity contribution >= 4 is 17.7 Å². The van der Waals surface area contributed by atoms with Gasteiger partial charge in [-0.3, -0.25) is 4.90 Å². The van der Waals surface area contributed by atoms with Gasteiger partial charge in [0.1, 0.15) is 6.61 Å². The summed E-state index contributed by atoms with van der Waals surface area (Å²) in [7, 11) is 0. The largest absolute Gasteiger partial charge is 0.479 e. The van der Waals surface area contributed by atoms with Gasteiger partial charge in [-0.1, -0.05) is 12.1 Å². The van der Waals surface area contributed by atoms with E-state index < -0.39 is 41.6 Å². The van der Waals surface area contributed by atoms with Crippen LogP contribution in [0.1, 0.15) is 12.5 Å². The van der Waals surface area contributed by atoms with Crippen molar-refractivity contribution in [1.82, 2.24) is 0 Å². The quantitative estimate of drug-likeness (QED) is 0.908. The molecule has 0 radical (unpaired) electrons. The lowest BCUT2D eigenvalue weighted by Crippen LogP contribution is -2.51. The third-order valence-corrected chi connectivity index (χ3v) is 3.06. The second kappa shape index (κ2) is 4.39. The van der Waals surface area contributed by atoms with E-state index >= 15 is 0 Å². The molecule has 1 N–H and O–H groups in total. The molecule has 0 spiro atoms. The maximum absolute atomic E-state index is 13.0. The summed E-state index contributed by atoms with van der Waals surface area (Å²) >= 11 is 0. The number of hydrogen-bond donors (Lipinski definition) is 1. The van der Waals surface area contributed by atoms with Crippen molar-refractivity contribution in [2.45, 2.75) is 18.6 Å². The first-order chi connectivity index (χ1) is 9.18. The van der Waals surface area contributed by atoms with Gasteiger partial charge in [0.2, 0.25) is 0 Å². The summed E-state index contributed by atoms with van der Waals surface area (Å²) in [5, 5.41) is 9.16. The van der Waals surface area contributed by atoms with Crippen LogP contribution in [0.15, 0.2) is 24.3 Å². The Bertz CT molecular complexity index is 572. The van der Waals surface area contributed by atoms with Gasteiger partial charge in [-0.05, 0) is 19.1 Å². The van der Waals surface area contributed by atoms with Gasteiger partial charge in [0.05, 0.1) is 11.3 Å².